The molecule has 1 saturated heterocycles. The lowest BCUT2D eigenvalue weighted by atomic mass is 10.0. The van der Waals surface area contributed by atoms with E-state index in [1.807, 2.05) is 0 Å². The number of piperidine rings is 1. The zero-order valence-electron chi connectivity index (χ0n) is 11.3. The summed E-state index contributed by atoms with van der Waals surface area (Å²) in [4.78, 5) is 11.8. The van der Waals surface area contributed by atoms with Crippen LogP contribution in [0.3, 0.4) is 0 Å². The van der Waals surface area contributed by atoms with Gasteiger partial charge in [0, 0.05) is 18.2 Å². The summed E-state index contributed by atoms with van der Waals surface area (Å²) in [5.41, 5.74) is 0.223. The van der Waals surface area contributed by atoms with Crippen molar-refractivity contribution in [2.24, 2.45) is 0 Å². The summed E-state index contributed by atoms with van der Waals surface area (Å²) in [6.07, 6.45) is 1.70. The highest BCUT2D eigenvalue weighted by atomic mass is 35.5. The molecule has 1 amide bonds. The predicted molar refractivity (Wildman–Crippen MR) is 75.9 cm³/mol. The number of rotatable bonds is 3. The lowest BCUT2D eigenvalue weighted by Gasteiger charge is -2.28. The van der Waals surface area contributed by atoms with Crippen molar-refractivity contribution in [3.05, 3.63) is 35.4 Å². The third kappa shape index (κ3) is 4.72. The number of amides is 1. The zero-order chi connectivity index (χ0) is 13.8. The molecule has 2 unspecified atom stereocenters. The number of carbonyl (C=O) groups is 1. The maximum absolute atomic E-state index is 13.4. The molecule has 1 heterocycles. The van der Waals surface area contributed by atoms with E-state index in [9.17, 15) is 13.6 Å². The van der Waals surface area contributed by atoms with Crippen LogP contribution in [-0.2, 0) is 11.2 Å². The minimum atomic E-state index is -0.672. The van der Waals surface area contributed by atoms with E-state index >= 15 is 0 Å². The number of halogens is 3. The van der Waals surface area contributed by atoms with Crippen LogP contribution in [0.4, 0.5) is 8.78 Å². The van der Waals surface area contributed by atoms with Crippen LogP contribution in [0.2, 0.25) is 0 Å². The van der Waals surface area contributed by atoms with Crippen molar-refractivity contribution in [3.8, 4) is 0 Å². The van der Waals surface area contributed by atoms with Gasteiger partial charge in [0.25, 0.3) is 0 Å². The maximum Gasteiger partial charge on any atom is 0.224 e. The van der Waals surface area contributed by atoms with Crippen molar-refractivity contribution < 1.29 is 13.6 Å². The molecule has 3 nitrogen and oxygen atoms in total. The number of hydrogen-bond donors (Lipinski definition) is 2. The molecule has 2 N–H and O–H groups in total. The molecular formula is C14H19ClF2N2O. The fourth-order valence-electron chi connectivity index (χ4n) is 2.38. The van der Waals surface area contributed by atoms with E-state index in [2.05, 4.69) is 17.6 Å². The number of carbonyl (C=O) groups excluding carboxylic acids is 1. The van der Waals surface area contributed by atoms with Gasteiger partial charge in [-0.1, -0.05) is 6.07 Å². The molecule has 0 aromatic heterocycles. The van der Waals surface area contributed by atoms with Gasteiger partial charge in [-0.25, -0.2) is 8.78 Å². The fraction of sp³-hybridized carbons (Fsp3) is 0.500. The van der Waals surface area contributed by atoms with Crippen LogP contribution >= 0.6 is 12.4 Å². The van der Waals surface area contributed by atoms with E-state index in [0.29, 0.717) is 6.04 Å². The molecule has 0 saturated carbocycles. The van der Waals surface area contributed by atoms with Gasteiger partial charge < -0.3 is 10.6 Å². The Kier molecular flexibility index (Phi) is 6.36. The smallest absolute Gasteiger partial charge is 0.224 e. The van der Waals surface area contributed by atoms with Crippen LogP contribution in [0.25, 0.3) is 0 Å². The Bertz CT molecular complexity index is 470. The Balaban J connectivity index is 0.00000200. The summed E-state index contributed by atoms with van der Waals surface area (Å²) in [6.45, 7) is 2.94. The first-order valence-electron chi connectivity index (χ1n) is 6.51. The topological polar surface area (TPSA) is 41.1 Å². The van der Waals surface area contributed by atoms with E-state index in [0.717, 1.165) is 31.5 Å². The summed E-state index contributed by atoms with van der Waals surface area (Å²) in [5, 5.41) is 6.20. The molecular weight excluding hydrogens is 286 g/mol. The second kappa shape index (κ2) is 7.55. The first-order valence-corrected chi connectivity index (χ1v) is 6.51. The minimum absolute atomic E-state index is 0. The molecule has 112 valence electrons. The van der Waals surface area contributed by atoms with Crippen LogP contribution in [0, 0.1) is 11.6 Å². The maximum atomic E-state index is 13.4. The Morgan fingerprint density at radius 3 is 2.85 bits per heavy atom. The third-order valence-electron chi connectivity index (χ3n) is 3.35. The van der Waals surface area contributed by atoms with Gasteiger partial charge in [0.1, 0.15) is 11.6 Å². The van der Waals surface area contributed by atoms with Crippen molar-refractivity contribution in [2.75, 3.05) is 6.54 Å². The molecule has 1 aliphatic rings. The molecule has 1 aliphatic heterocycles. The summed E-state index contributed by atoms with van der Waals surface area (Å²) in [5.74, 6) is -1.52. The molecule has 0 bridgehead atoms. The monoisotopic (exact) mass is 304 g/mol. The first-order chi connectivity index (χ1) is 9.04. The summed E-state index contributed by atoms with van der Waals surface area (Å²) >= 11 is 0. The van der Waals surface area contributed by atoms with Gasteiger partial charge in [-0.3, -0.25) is 4.79 Å². The number of benzene rings is 1. The zero-order valence-corrected chi connectivity index (χ0v) is 12.1. The van der Waals surface area contributed by atoms with E-state index < -0.39 is 11.6 Å². The Morgan fingerprint density at radius 2 is 2.20 bits per heavy atom. The van der Waals surface area contributed by atoms with Crippen molar-refractivity contribution >= 4 is 18.3 Å². The molecule has 6 heteroatoms. The minimum Gasteiger partial charge on any atom is -0.353 e. The molecule has 0 radical (unpaired) electrons. The highest BCUT2D eigenvalue weighted by molar-refractivity contribution is 5.85. The van der Waals surface area contributed by atoms with Crippen LogP contribution in [0.1, 0.15) is 25.3 Å². The lowest BCUT2D eigenvalue weighted by Crippen LogP contribution is -2.47. The summed E-state index contributed by atoms with van der Waals surface area (Å²) in [7, 11) is 0. The van der Waals surface area contributed by atoms with Gasteiger partial charge in [0.2, 0.25) is 5.91 Å². The molecule has 0 aliphatic carbocycles. The van der Waals surface area contributed by atoms with Crippen LogP contribution in [0.5, 0.6) is 0 Å². The normalized spacial score (nSPS) is 21.9. The highest BCUT2D eigenvalue weighted by Gasteiger charge is 2.20. The van der Waals surface area contributed by atoms with Gasteiger partial charge in [-0.05, 0) is 37.9 Å². The second-order valence-corrected chi connectivity index (χ2v) is 5.06. The van der Waals surface area contributed by atoms with Gasteiger partial charge >= 0.3 is 0 Å². The molecule has 0 spiro atoms. The molecule has 2 atom stereocenters. The third-order valence-corrected chi connectivity index (χ3v) is 3.35. The molecule has 20 heavy (non-hydrogen) atoms. The number of hydrogen-bond acceptors (Lipinski definition) is 2. The van der Waals surface area contributed by atoms with Crippen LogP contribution < -0.4 is 10.6 Å². The van der Waals surface area contributed by atoms with Gasteiger partial charge in [-0.2, -0.15) is 0 Å². The van der Waals surface area contributed by atoms with Gasteiger partial charge in [0.15, 0.2) is 0 Å². The van der Waals surface area contributed by atoms with Crippen molar-refractivity contribution in [1.82, 2.24) is 10.6 Å². The average molecular weight is 305 g/mol. The van der Waals surface area contributed by atoms with Gasteiger partial charge in [-0.15, -0.1) is 12.4 Å². The molecule has 1 fully saturated rings. The summed E-state index contributed by atoms with van der Waals surface area (Å²) in [6, 6.07) is 3.79. The molecule has 2 rings (SSSR count). The largest absolute Gasteiger partial charge is 0.353 e. The van der Waals surface area contributed by atoms with E-state index in [1.54, 1.807) is 0 Å². The Labute approximate surface area is 123 Å². The quantitative estimate of drug-likeness (QED) is 0.899. The first kappa shape index (κ1) is 16.9. The SMILES string of the molecule is CC1CC(NC(=O)Cc2ccc(F)cc2F)CCN1.Cl. The summed E-state index contributed by atoms with van der Waals surface area (Å²) < 4.78 is 26.2. The van der Waals surface area contributed by atoms with Crippen LogP contribution in [0.15, 0.2) is 18.2 Å². The van der Waals surface area contributed by atoms with Crippen LogP contribution in [-0.4, -0.2) is 24.5 Å². The Morgan fingerprint density at radius 1 is 1.45 bits per heavy atom. The fourth-order valence-corrected chi connectivity index (χ4v) is 2.38. The van der Waals surface area contributed by atoms with E-state index in [-0.39, 0.29) is 36.3 Å². The predicted octanol–water partition coefficient (Wildman–Crippen LogP) is 2.19. The van der Waals surface area contributed by atoms with E-state index in [4.69, 9.17) is 0 Å². The Hall–Kier alpha value is -1.20. The second-order valence-electron chi connectivity index (χ2n) is 5.06. The lowest BCUT2D eigenvalue weighted by molar-refractivity contribution is -0.121. The van der Waals surface area contributed by atoms with Gasteiger partial charge in [0.05, 0.1) is 6.42 Å². The highest BCUT2D eigenvalue weighted by Crippen LogP contribution is 2.12. The van der Waals surface area contributed by atoms with E-state index in [1.165, 1.54) is 6.07 Å². The average Bonchev–Trinajstić information content (AvgIpc) is 2.33. The molecule has 1 aromatic rings. The molecule has 1 aromatic carbocycles. The standard InChI is InChI=1S/C14H18F2N2O.ClH/c1-9-6-12(4-5-17-9)18-14(19)7-10-2-3-11(15)8-13(10)16;/h2-3,8-9,12,17H,4-7H2,1H3,(H,18,19);1H. The van der Waals surface area contributed by atoms with Crippen molar-refractivity contribution in [2.45, 2.75) is 38.3 Å². The van der Waals surface area contributed by atoms with Crippen molar-refractivity contribution in [3.63, 3.8) is 0 Å². The number of nitrogens with one attached hydrogen (secondary N) is 2. The van der Waals surface area contributed by atoms with Crippen molar-refractivity contribution in [1.29, 1.82) is 0 Å².